The number of hydrogen-bond acceptors (Lipinski definition) is 2. The van der Waals surface area contributed by atoms with E-state index in [2.05, 4.69) is 105 Å². The number of benzene rings is 3. The lowest BCUT2D eigenvalue weighted by molar-refractivity contribution is 0.476. The van der Waals surface area contributed by atoms with E-state index in [0.717, 1.165) is 43.9 Å². The summed E-state index contributed by atoms with van der Waals surface area (Å²) in [6, 6.07) is 19.8. The number of halogens is 2. The first kappa shape index (κ1) is 49.9. The van der Waals surface area contributed by atoms with Gasteiger partial charge in [0.15, 0.2) is 11.5 Å². The molecule has 0 spiro atoms. The molecule has 0 atom stereocenters. The first-order valence-electron chi connectivity index (χ1n) is 25.2. The average molecular weight is 936 g/mol. The van der Waals surface area contributed by atoms with Crippen molar-refractivity contribution in [3.05, 3.63) is 74.7 Å². The van der Waals surface area contributed by atoms with Gasteiger partial charge in [-0.05, 0) is 99.2 Å². The Morgan fingerprint density at radius 2 is 0.746 bits per heavy atom. The van der Waals surface area contributed by atoms with Gasteiger partial charge >= 0.3 is 0 Å². The maximum Gasteiger partial charge on any atom is 0.152 e. The van der Waals surface area contributed by atoms with Crippen molar-refractivity contribution >= 4 is 48.9 Å². The Kier molecular flexibility index (Phi) is 27.0. The van der Waals surface area contributed by atoms with Gasteiger partial charge in [0.1, 0.15) is 0 Å². The molecule has 0 aliphatic carbocycles. The van der Waals surface area contributed by atoms with Crippen molar-refractivity contribution in [1.82, 2.24) is 0 Å². The van der Waals surface area contributed by atoms with Crippen LogP contribution < -0.4 is 9.64 Å². The maximum absolute atomic E-state index is 6.35. The molecule has 3 aromatic carbocycles. The van der Waals surface area contributed by atoms with E-state index >= 15 is 0 Å². The summed E-state index contributed by atoms with van der Waals surface area (Å²) in [6.45, 7) is 4.42. The Bertz CT molecular complexity index is 1500. The summed E-state index contributed by atoms with van der Waals surface area (Å²) in [5.41, 5.74) is 5.91. The molecule has 330 valence electrons. The van der Waals surface area contributed by atoms with E-state index in [1.807, 2.05) is 0 Å². The second kappa shape index (κ2) is 32.0. The van der Waals surface area contributed by atoms with Crippen molar-refractivity contribution < 1.29 is 4.74 Å². The minimum Gasteiger partial charge on any atom is -0.453 e. The van der Waals surface area contributed by atoms with E-state index in [0.29, 0.717) is 0 Å². The van der Waals surface area contributed by atoms with E-state index in [1.165, 1.54) is 229 Å². The van der Waals surface area contributed by atoms with Crippen molar-refractivity contribution in [3.8, 4) is 11.5 Å². The lowest BCUT2D eigenvalue weighted by Gasteiger charge is -2.33. The Hall–Kier alpha value is -1.78. The molecule has 4 heteroatoms. The largest absolute Gasteiger partial charge is 0.453 e. The smallest absolute Gasteiger partial charge is 0.152 e. The van der Waals surface area contributed by atoms with Crippen LogP contribution in [0.4, 0.5) is 17.1 Å². The first-order valence-corrected chi connectivity index (χ1v) is 26.8. The van der Waals surface area contributed by atoms with Gasteiger partial charge < -0.3 is 9.64 Å². The fraction of sp³-hybridized carbons (Fsp3) is 0.673. The number of hydrogen-bond donors (Lipinski definition) is 0. The molecule has 1 aliphatic heterocycles. The summed E-state index contributed by atoms with van der Waals surface area (Å²) >= 11 is 7.36. The van der Waals surface area contributed by atoms with Crippen LogP contribution in [0.15, 0.2) is 63.5 Å². The molecule has 0 aromatic heterocycles. The van der Waals surface area contributed by atoms with Crippen LogP contribution in [-0.4, -0.2) is 0 Å². The van der Waals surface area contributed by atoms with E-state index in [1.54, 1.807) is 0 Å². The number of aryl methyl sites for hydroxylation is 2. The van der Waals surface area contributed by atoms with Gasteiger partial charge in [-0.15, -0.1) is 0 Å². The topological polar surface area (TPSA) is 12.5 Å². The van der Waals surface area contributed by atoms with E-state index in [9.17, 15) is 0 Å². The summed E-state index contributed by atoms with van der Waals surface area (Å²) < 4.78 is 8.36. The van der Waals surface area contributed by atoms with Crippen LogP contribution in [0.25, 0.3) is 0 Å². The molecule has 4 rings (SSSR count). The van der Waals surface area contributed by atoms with E-state index in [4.69, 9.17) is 4.74 Å². The quantitative estimate of drug-likeness (QED) is 0.0421. The summed E-state index contributed by atoms with van der Waals surface area (Å²) in [6.07, 6.45) is 50.6. The second-order valence-electron chi connectivity index (χ2n) is 18.2. The number of rotatable bonds is 36. The molecule has 1 heterocycles. The molecule has 1 aliphatic rings. The highest BCUT2D eigenvalue weighted by molar-refractivity contribution is 9.13. The van der Waals surface area contributed by atoms with Crippen molar-refractivity contribution in [1.29, 1.82) is 0 Å². The summed E-state index contributed by atoms with van der Waals surface area (Å²) in [5.74, 6) is 1.76. The monoisotopic (exact) mass is 933 g/mol. The molecule has 3 aromatic rings. The number of anilines is 3. The molecule has 0 radical (unpaired) electrons. The van der Waals surface area contributed by atoms with E-state index < -0.39 is 0 Å². The van der Waals surface area contributed by atoms with Crippen molar-refractivity contribution in [2.24, 2.45) is 0 Å². The molecule has 0 N–H and O–H groups in total. The maximum atomic E-state index is 6.35. The molecule has 0 unspecified atom stereocenters. The fourth-order valence-corrected chi connectivity index (χ4v) is 9.71. The Morgan fingerprint density at radius 3 is 1.15 bits per heavy atom. The molecule has 2 nitrogen and oxygen atoms in total. The van der Waals surface area contributed by atoms with Crippen LogP contribution in [0.1, 0.15) is 236 Å². The third-order valence-corrected chi connectivity index (χ3v) is 14.7. The average Bonchev–Trinajstić information content (AvgIpc) is 3.24. The Labute approximate surface area is 381 Å². The van der Waals surface area contributed by atoms with Crippen LogP contribution in [0.3, 0.4) is 0 Å². The third kappa shape index (κ3) is 20.8. The highest BCUT2D eigenvalue weighted by atomic mass is 79.9. The molecule has 0 amide bonds. The normalized spacial score (nSPS) is 12.2. The van der Waals surface area contributed by atoms with Crippen molar-refractivity contribution in [2.75, 3.05) is 4.90 Å². The van der Waals surface area contributed by atoms with Gasteiger partial charge in [0.05, 0.1) is 11.4 Å². The molecule has 59 heavy (non-hydrogen) atoms. The van der Waals surface area contributed by atoms with Crippen LogP contribution >= 0.6 is 31.9 Å². The van der Waals surface area contributed by atoms with Gasteiger partial charge in [-0.2, -0.15) is 0 Å². The van der Waals surface area contributed by atoms with Gasteiger partial charge in [0.25, 0.3) is 0 Å². The van der Waals surface area contributed by atoms with E-state index in [-0.39, 0.29) is 0 Å². The minimum atomic E-state index is 0.860. The van der Waals surface area contributed by atoms with Crippen molar-refractivity contribution in [2.45, 2.75) is 239 Å². The molecule has 0 fully saturated rings. The lowest BCUT2D eigenvalue weighted by atomic mass is 10.0. The zero-order valence-electron chi connectivity index (χ0n) is 38.1. The minimum absolute atomic E-state index is 0.860. The molecular weight excluding hydrogens is 850 g/mol. The molecule has 0 saturated heterocycles. The number of fused-ring (bicyclic) bond motifs is 2. The zero-order valence-corrected chi connectivity index (χ0v) is 41.2. The molecule has 0 saturated carbocycles. The SMILES string of the molecule is CCCCCCCCCCCCCCCCCCCCCCCCCCCCCCCCCCCCc1ccc(N2c3ccc(C)cc3Oc3cc(Br)c(Br)cc32)cc1. The van der Waals surface area contributed by atoms with Gasteiger partial charge in [-0.3, -0.25) is 0 Å². The summed E-state index contributed by atoms with van der Waals surface area (Å²) in [7, 11) is 0. The standard InChI is InChI=1S/C55H85Br2NO/c1-3-4-5-6-7-8-9-10-11-12-13-14-15-16-17-18-19-20-21-22-23-24-25-26-27-28-29-30-31-32-33-34-35-36-37-48-39-41-49(42-40-48)58-52-43-38-47(2)44-54(52)59-55-46-51(57)50(56)45-53(55)58/h38-46H,3-37H2,1-2H3. The fourth-order valence-electron chi connectivity index (χ4n) is 9.06. The first-order chi connectivity index (χ1) is 29.1. The van der Waals surface area contributed by atoms with Gasteiger partial charge in [0.2, 0.25) is 0 Å². The Balaban J connectivity index is 0.872. The predicted molar refractivity (Wildman–Crippen MR) is 268 cm³/mol. The van der Waals surface area contributed by atoms with Gasteiger partial charge in [-0.25, -0.2) is 0 Å². The number of ether oxygens (including phenoxy) is 1. The van der Waals surface area contributed by atoms with Crippen molar-refractivity contribution in [3.63, 3.8) is 0 Å². The van der Waals surface area contributed by atoms with Crippen LogP contribution in [0.2, 0.25) is 0 Å². The summed E-state index contributed by atoms with van der Waals surface area (Å²) in [4.78, 5) is 2.32. The molecule has 0 bridgehead atoms. The van der Waals surface area contributed by atoms with Crippen LogP contribution in [0, 0.1) is 6.92 Å². The lowest BCUT2D eigenvalue weighted by Crippen LogP contribution is -2.16. The number of nitrogens with zero attached hydrogens (tertiary/aromatic N) is 1. The number of unbranched alkanes of at least 4 members (excludes halogenated alkanes) is 33. The predicted octanol–water partition coefficient (Wildman–Crippen LogP) is 20.9. The van der Waals surface area contributed by atoms with Gasteiger partial charge in [-0.1, -0.05) is 237 Å². The van der Waals surface area contributed by atoms with Crippen LogP contribution in [0.5, 0.6) is 11.5 Å². The van der Waals surface area contributed by atoms with Gasteiger partial charge in [0, 0.05) is 14.6 Å². The highest BCUT2D eigenvalue weighted by Crippen LogP contribution is 2.52. The summed E-state index contributed by atoms with van der Waals surface area (Å²) in [5, 5.41) is 0. The second-order valence-corrected chi connectivity index (χ2v) is 19.9. The van der Waals surface area contributed by atoms with Crippen LogP contribution in [-0.2, 0) is 6.42 Å². The highest BCUT2D eigenvalue weighted by Gasteiger charge is 2.27. The Morgan fingerprint density at radius 1 is 0.390 bits per heavy atom. The zero-order chi connectivity index (χ0) is 41.6. The molecular formula is C55H85Br2NO. The third-order valence-electron chi connectivity index (χ3n) is 12.8.